The topological polar surface area (TPSA) is 25.8 Å². The van der Waals surface area contributed by atoms with E-state index in [-0.39, 0.29) is 5.41 Å². The van der Waals surface area contributed by atoms with Gasteiger partial charge in [-0.1, -0.05) is 87.5 Å². The molecule has 2 nitrogen and oxygen atoms in total. The van der Waals surface area contributed by atoms with E-state index in [0.717, 1.165) is 28.8 Å². The summed E-state index contributed by atoms with van der Waals surface area (Å²) < 4.78 is 0. The number of nitrogens with zero attached hydrogens (tertiary/aromatic N) is 2. The van der Waals surface area contributed by atoms with Crippen molar-refractivity contribution in [1.29, 1.82) is 0 Å². The minimum Gasteiger partial charge on any atom is -0.232 e. The summed E-state index contributed by atoms with van der Waals surface area (Å²) in [7, 11) is 0. The Morgan fingerprint density at radius 1 is 0.885 bits per heavy atom. The highest BCUT2D eigenvalue weighted by Gasteiger charge is 2.21. The molecule has 1 aliphatic rings. The van der Waals surface area contributed by atoms with Crippen molar-refractivity contribution in [3.63, 3.8) is 0 Å². The minimum absolute atomic E-state index is 0.0791. The Balaban J connectivity index is 1.75. The van der Waals surface area contributed by atoms with Crippen LogP contribution in [0, 0.1) is 0 Å². The van der Waals surface area contributed by atoms with E-state index >= 15 is 0 Å². The van der Waals surface area contributed by atoms with Crippen LogP contribution < -0.4 is 0 Å². The van der Waals surface area contributed by atoms with Crippen molar-refractivity contribution in [1.82, 2.24) is 9.97 Å². The van der Waals surface area contributed by atoms with Crippen LogP contribution in [0.25, 0.3) is 16.5 Å². The molecule has 0 amide bonds. The third-order valence-electron chi connectivity index (χ3n) is 4.88. The van der Waals surface area contributed by atoms with Gasteiger partial charge in [0.15, 0.2) is 0 Å². The number of para-hydroxylation sites is 1. The van der Waals surface area contributed by atoms with E-state index in [4.69, 9.17) is 9.97 Å². The zero-order valence-corrected chi connectivity index (χ0v) is 15.6. The lowest BCUT2D eigenvalue weighted by atomic mass is 9.88. The third kappa shape index (κ3) is 3.20. The van der Waals surface area contributed by atoms with E-state index in [1.807, 2.05) is 6.07 Å². The normalized spacial score (nSPS) is 17.3. The zero-order chi connectivity index (χ0) is 18.1. The summed E-state index contributed by atoms with van der Waals surface area (Å²) in [5.74, 6) is 1.33. The summed E-state index contributed by atoms with van der Waals surface area (Å²) in [5, 5.41) is 1.12. The first-order chi connectivity index (χ1) is 12.5. The van der Waals surface area contributed by atoms with Crippen LogP contribution in [-0.2, 0) is 5.41 Å². The Kier molecular flexibility index (Phi) is 4.20. The standard InChI is InChI=1S/C24H24N2/c1-24(2,3)23-25-21-12-8-7-11-20(21)22(26-23)19-15-13-18(14-16-19)17-9-5-4-6-10-17/h4-13,15-16,18H,14H2,1-3H3. The molecule has 1 atom stereocenters. The van der Waals surface area contributed by atoms with Crippen molar-refractivity contribution in [2.45, 2.75) is 38.5 Å². The fourth-order valence-electron chi connectivity index (χ4n) is 3.38. The molecule has 3 aromatic rings. The summed E-state index contributed by atoms with van der Waals surface area (Å²) >= 11 is 0. The average Bonchev–Trinajstić information content (AvgIpc) is 2.67. The van der Waals surface area contributed by atoms with Crippen molar-refractivity contribution in [3.8, 4) is 0 Å². The van der Waals surface area contributed by atoms with E-state index in [1.54, 1.807) is 0 Å². The fraction of sp³-hybridized carbons (Fsp3) is 0.250. The SMILES string of the molecule is CC(C)(C)c1nc(C2=CCC(c3ccccc3)C=C2)c2ccccc2n1. The second kappa shape index (κ2) is 6.53. The molecule has 130 valence electrons. The van der Waals surface area contributed by atoms with Crippen LogP contribution in [0.5, 0.6) is 0 Å². The molecule has 0 bridgehead atoms. The first kappa shape index (κ1) is 16.7. The second-order valence-corrected chi connectivity index (χ2v) is 7.93. The van der Waals surface area contributed by atoms with E-state index in [2.05, 4.69) is 87.5 Å². The number of aromatic nitrogens is 2. The van der Waals surface area contributed by atoms with Crippen LogP contribution in [0.2, 0.25) is 0 Å². The highest BCUT2D eigenvalue weighted by atomic mass is 14.9. The molecule has 26 heavy (non-hydrogen) atoms. The van der Waals surface area contributed by atoms with E-state index < -0.39 is 0 Å². The van der Waals surface area contributed by atoms with Crippen molar-refractivity contribution in [2.24, 2.45) is 0 Å². The molecule has 0 spiro atoms. The van der Waals surface area contributed by atoms with Crippen molar-refractivity contribution < 1.29 is 0 Å². The Morgan fingerprint density at radius 3 is 2.31 bits per heavy atom. The highest BCUT2D eigenvalue weighted by molar-refractivity contribution is 5.92. The van der Waals surface area contributed by atoms with Crippen LogP contribution >= 0.6 is 0 Å². The molecule has 2 heteroatoms. The Hall–Kier alpha value is -2.74. The molecule has 2 aromatic carbocycles. The van der Waals surface area contributed by atoms with Gasteiger partial charge >= 0.3 is 0 Å². The van der Waals surface area contributed by atoms with Gasteiger partial charge < -0.3 is 0 Å². The molecule has 1 aliphatic carbocycles. The Bertz CT molecular complexity index is 992. The molecule has 4 rings (SSSR count). The summed E-state index contributed by atoms with van der Waals surface area (Å²) in [6.07, 6.45) is 7.85. The molecular formula is C24H24N2. The molecule has 0 saturated carbocycles. The Labute approximate surface area is 155 Å². The number of hydrogen-bond acceptors (Lipinski definition) is 2. The van der Waals surface area contributed by atoms with Gasteiger partial charge in [-0.15, -0.1) is 0 Å². The average molecular weight is 340 g/mol. The molecule has 0 saturated heterocycles. The van der Waals surface area contributed by atoms with Crippen molar-refractivity contribution in [2.75, 3.05) is 0 Å². The van der Waals surface area contributed by atoms with Crippen molar-refractivity contribution in [3.05, 3.63) is 89.9 Å². The lowest BCUT2D eigenvalue weighted by molar-refractivity contribution is 0.547. The van der Waals surface area contributed by atoms with Crippen LogP contribution in [0.3, 0.4) is 0 Å². The molecule has 1 unspecified atom stereocenters. The maximum absolute atomic E-state index is 4.96. The highest BCUT2D eigenvalue weighted by Crippen LogP contribution is 2.33. The summed E-state index contributed by atoms with van der Waals surface area (Å²) in [6, 6.07) is 19.0. The van der Waals surface area contributed by atoms with Gasteiger partial charge in [0.05, 0.1) is 11.2 Å². The molecule has 0 fully saturated rings. The van der Waals surface area contributed by atoms with Crippen LogP contribution in [0.4, 0.5) is 0 Å². The van der Waals surface area contributed by atoms with Crippen LogP contribution in [0.1, 0.15) is 50.2 Å². The maximum atomic E-state index is 4.96. The number of fused-ring (bicyclic) bond motifs is 1. The van der Waals surface area contributed by atoms with Crippen LogP contribution in [0.15, 0.2) is 72.8 Å². The van der Waals surface area contributed by atoms with Crippen LogP contribution in [-0.4, -0.2) is 9.97 Å². The Morgan fingerprint density at radius 2 is 1.62 bits per heavy atom. The van der Waals surface area contributed by atoms with E-state index in [9.17, 15) is 0 Å². The maximum Gasteiger partial charge on any atom is 0.135 e. The van der Waals surface area contributed by atoms with Gasteiger partial charge in [-0.05, 0) is 23.6 Å². The summed E-state index contributed by atoms with van der Waals surface area (Å²) in [6.45, 7) is 6.49. The predicted molar refractivity (Wildman–Crippen MR) is 109 cm³/mol. The van der Waals surface area contributed by atoms with E-state index in [0.29, 0.717) is 5.92 Å². The molecule has 0 N–H and O–H groups in total. The quantitative estimate of drug-likeness (QED) is 0.567. The molecule has 0 radical (unpaired) electrons. The summed E-state index contributed by atoms with van der Waals surface area (Å²) in [4.78, 5) is 9.77. The number of rotatable bonds is 2. The smallest absolute Gasteiger partial charge is 0.135 e. The van der Waals surface area contributed by atoms with Gasteiger partial charge in [0, 0.05) is 16.7 Å². The third-order valence-corrected chi connectivity index (χ3v) is 4.88. The van der Waals surface area contributed by atoms with Gasteiger partial charge in [0.1, 0.15) is 5.82 Å². The fourth-order valence-corrected chi connectivity index (χ4v) is 3.38. The first-order valence-corrected chi connectivity index (χ1v) is 9.23. The monoisotopic (exact) mass is 340 g/mol. The van der Waals surface area contributed by atoms with Gasteiger partial charge in [-0.2, -0.15) is 0 Å². The minimum atomic E-state index is -0.0791. The molecule has 1 heterocycles. The largest absolute Gasteiger partial charge is 0.232 e. The number of benzene rings is 2. The van der Waals surface area contributed by atoms with Gasteiger partial charge in [0.2, 0.25) is 0 Å². The lowest BCUT2D eigenvalue weighted by Gasteiger charge is -2.21. The zero-order valence-electron chi connectivity index (χ0n) is 15.6. The number of hydrogen-bond donors (Lipinski definition) is 0. The molecule has 1 aromatic heterocycles. The summed E-state index contributed by atoms with van der Waals surface area (Å²) in [5.41, 5.74) is 4.54. The molecule has 0 aliphatic heterocycles. The van der Waals surface area contributed by atoms with Gasteiger partial charge in [-0.25, -0.2) is 9.97 Å². The molecular weight excluding hydrogens is 316 g/mol. The second-order valence-electron chi connectivity index (χ2n) is 7.93. The predicted octanol–water partition coefficient (Wildman–Crippen LogP) is 6.05. The van der Waals surface area contributed by atoms with E-state index in [1.165, 1.54) is 11.1 Å². The van der Waals surface area contributed by atoms with Gasteiger partial charge in [0.25, 0.3) is 0 Å². The lowest BCUT2D eigenvalue weighted by Crippen LogP contribution is -2.17. The van der Waals surface area contributed by atoms with Gasteiger partial charge in [-0.3, -0.25) is 0 Å². The number of allylic oxidation sites excluding steroid dienone is 4. The van der Waals surface area contributed by atoms with Crippen molar-refractivity contribution >= 4 is 16.5 Å². The first-order valence-electron chi connectivity index (χ1n) is 9.23.